The van der Waals surface area contributed by atoms with Crippen LogP contribution in [-0.4, -0.2) is 34.4 Å². The third kappa shape index (κ3) is 9.31. The molecular weight excluding hydrogens is 734 g/mol. The van der Waals surface area contributed by atoms with E-state index in [2.05, 4.69) is 39.1 Å². The van der Waals surface area contributed by atoms with Gasteiger partial charge in [-0.05, 0) is 78.6 Å². The molecule has 12 heteroatoms. The van der Waals surface area contributed by atoms with Gasteiger partial charge in [-0.25, -0.2) is 0 Å². The number of anilines is 2. The Bertz CT molecular complexity index is 2180. The first-order valence-corrected chi connectivity index (χ1v) is 18.8. The third-order valence-corrected chi connectivity index (χ3v) is 11.1. The van der Waals surface area contributed by atoms with Crippen LogP contribution in [0.3, 0.4) is 0 Å². The van der Waals surface area contributed by atoms with Crippen molar-refractivity contribution in [3.8, 4) is 6.07 Å². The Kier molecular flexibility index (Phi) is 12.1. The fourth-order valence-corrected chi connectivity index (χ4v) is 8.31. The Morgan fingerprint density at radius 2 is 1.71 bits per heavy atom. The predicted molar refractivity (Wildman–Crippen MR) is 211 cm³/mol. The molecule has 0 bridgehead atoms. The summed E-state index contributed by atoms with van der Waals surface area (Å²) in [6, 6.07) is 33.1. The summed E-state index contributed by atoms with van der Waals surface area (Å²) < 4.78 is 0. The van der Waals surface area contributed by atoms with Gasteiger partial charge in [-0.3, -0.25) is 19.3 Å². The van der Waals surface area contributed by atoms with E-state index in [-0.39, 0.29) is 11.6 Å². The van der Waals surface area contributed by atoms with Crippen LogP contribution in [0.15, 0.2) is 114 Å². The lowest BCUT2D eigenvalue weighted by atomic mass is 10.0. The number of fused-ring (bicyclic) bond motifs is 1. The molecule has 6 rings (SSSR count). The lowest BCUT2D eigenvalue weighted by molar-refractivity contribution is -0.115. The first-order valence-electron chi connectivity index (χ1n) is 16.4. The summed E-state index contributed by atoms with van der Waals surface area (Å²) in [6.07, 6.45) is 2.23. The number of thiophene rings is 1. The molecule has 1 aromatic heterocycles. The van der Waals surface area contributed by atoms with Gasteiger partial charge in [-0.1, -0.05) is 83.9 Å². The zero-order chi connectivity index (χ0) is 36.6. The van der Waals surface area contributed by atoms with Gasteiger partial charge in [0.2, 0.25) is 5.91 Å². The molecule has 0 fully saturated rings. The predicted octanol–water partition coefficient (Wildman–Crippen LogP) is 9.01. The Hall–Kier alpha value is -4.89. The number of nitriles is 1. The van der Waals surface area contributed by atoms with E-state index in [1.165, 1.54) is 34.7 Å². The molecule has 0 saturated heterocycles. The van der Waals surface area contributed by atoms with Crippen LogP contribution < -0.4 is 16.0 Å². The van der Waals surface area contributed by atoms with Gasteiger partial charge in [0.1, 0.15) is 16.8 Å². The van der Waals surface area contributed by atoms with Crippen LogP contribution in [-0.2, 0) is 29.1 Å². The van der Waals surface area contributed by atoms with Gasteiger partial charge in [0.05, 0.1) is 10.8 Å². The number of thioether (sulfide) groups is 1. The second kappa shape index (κ2) is 17.1. The largest absolute Gasteiger partial charge is 0.321 e. The summed E-state index contributed by atoms with van der Waals surface area (Å²) in [4.78, 5) is 44.3. The molecule has 0 spiro atoms. The lowest BCUT2D eigenvalue weighted by Gasteiger charge is -2.26. The summed E-state index contributed by atoms with van der Waals surface area (Å²) in [7, 11) is 0. The summed E-state index contributed by atoms with van der Waals surface area (Å²) in [5, 5.41) is 19.4. The number of rotatable bonds is 11. The van der Waals surface area contributed by atoms with Crippen LogP contribution in [0.5, 0.6) is 0 Å². The monoisotopic (exact) mass is 765 g/mol. The average molecular weight is 767 g/mol. The van der Waals surface area contributed by atoms with Crippen molar-refractivity contribution in [3.63, 3.8) is 0 Å². The van der Waals surface area contributed by atoms with Crippen molar-refractivity contribution >= 4 is 80.8 Å². The van der Waals surface area contributed by atoms with Gasteiger partial charge in [0, 0.05) is 50.7 Å². The molecule has 2 heterocycles. The number of benzene rings is 4. The highest BCUT2D eigenvalue weighted by Gasteiger charge is 2.27. The molecule has 1 unspecified atom stereocenters. The summed E-state index contributed by atoms with van der Waals surface area (Å²) in [6.45, 7) is 4.18. The molecule has 4 aromatic carbocycles. The number of carbonyl (C=O) groups is 3. The Morgan fingerprint density at radius 1 is 0.962 bits per heavy atom. The second-order valence-electron chi connectivity index (χ2n) is 12.0. The number of nitrogens with one attached hydrogen (secondary N) is 3. The van der Waals surface area contributed by atoms with Gasteiger partial charge in [-0.15, -0.1) is 23.1 Å². The van der Waals surface area contributed by atoms with Crippen LogP contribution >= 0.6 is 46.3 Å². The summed E-state index contributed by atoms with van der Waals surface area (Å²) in [5.41, 5.74) is 4.09. The fraction of sp³-hybridized carbons (Fsp3) is 0.150. The van der Waals surface area contributed by atoms with Crippen molar-refractivity contribution in [1.82, 2.24) is 10.2 Å². The highest BCUT2D eigenvalue weighted by Crippen LogP contribution is 2.38. The molecule has 8 nitrogen and oxygen atoms in total. The molecule has 5 aromatic rings. The number of hydrogen-bond acceptors (Lipinski definition) is 7. The van der Waals surface area contributed by atoms with Gasteiger partial charge >= 0.3 is 0 Å². The minimum absolute atomic E-state index is 0.0287. The molecule has 1 aliphatic rings. The maximum Gasteiger partial charge on any atom is 0.272 e. The van der Waals surface area contributed by atoms with Crippen molar-refractivity contribution in [2.75, 3.05) is 17.2 Å². The Balaban J connectivity index is 1.12. The zero-order valence-electron chi connectivity index (χ0n) is 28.0. The van der Waals surface area contributed by atoms with Crippen molar-refractivity contribution in [2.45, 2.75) is 36.6 Å². The first kappa shape index (κ1) is 36.9. The SMILES string of the molecule is CC(Sc1cccc(NC(=O)/C(=C\c2ccc(Cl)cc2Cl)NC(=O)c2ccccc2)c1)C(=O)Nc1sc2c(c1C#N)CCN(Cc1ccccc1)C2. The normalized spacial score (nSPS) is 13.4. The molecule has 52 heavy (non-hydrogen) atoms. The molecular formula is C40H33Cl2N5O3S2. The Labute approximate surface area is 320 Å². The summed E-state index contributed by atoms with van der Waals surface area (Å²) >= 11 is 15.2. The quantitative estimate of drug-likeness (QED) is 0.0914. The van der Waals surface area contributed by atoms with Crippen molar-refractivity contribution in [1.29, 1.82) is 5.26 Å². The average Bonchev–Trinajstić information content (AvgIpc) is 3.49. The van der Waals surface area contributed by atoms with E-state index in [1.807, 2.05) is 24.3 Å². The van der Waals surface area contributed by atoms with Gasteiger partial charge in [0.15, 0.2) is 0 Å². The number of hydrogen-bond donors (Lipinski definition) is 3. The zero-order valence-corrected chi connectivity index (χ0v) is 31.1. The van der Waals surface area contributed by atoms with E-state index in [4.69, 9.17) is 23.2 Å². The maximum atomic E-state index is 13.6. The number of halogens is 2. The molecule has 262 valence electrons. The van der Waals surface area contributed by atoms with E-state index < -0.39 is 17.1 Å². The highest BCUT2D eigenvalue weighted by atomic mass is 35.5. The van der Waals surface area contributed by atoms with Crippen LogP contribution in [0.1, 0.15) is 44.4 Å². The molecule has 3 N–H and O–H groups in total. The second-order valence-corrected chi connectivity index (χ2v) is 15.4. The fourth-order valence-electron chi connectivity index (χ4n) is 5.67. The van der Waals surface area contributed by atoms with Crippen LogP contribution in [0.4, 0.5) is 10.7 Å². The van der Waals surface area contributed by atoms with Crippen molar-refractivity contribution < 1.29 is 14.4 Å². The first-order chi connectivity index (χ1) is 25.2. The van der Waals surface area contributed by atoms with Crippen molar-refractivity contribution in [2.24, 2.45) is 0 Å². The van der Waals surface area contributed by atoms with Gasteiger partial charge in [-0.2, -0.15) is 5.26 Å². The highest BCUT2D eigenvalue weighted by molar-refractivity contribution is 8.00. The van der Waals surface area contributed by atoms with E-state index in [1.54, 1.807) is 73.7 Å². The standard InChI is InChI=1S/C40H33Cl2N5O3S2/c1-25(37(48)46-40-33(22-43)32-17-18-47(24-36(32)52-40)23-26-9-4-2-5-10-26)51-31-14-8-13-30(21-31)44-39(50)35(19-28-15-16-29(41)20-34(28)42)45-38(49)27-11-6-3-7-12-27/h2-16,19-21,25H,17-18,23-24H2,1H3,(H,44,50)(H,45,49)(H,46,48)/b35-19+. The Morgan fingerprint density at radius 3 is 2.44 bits per heavy atom. The molecule has 1 atom stereocenters. The van der Waals surface area contributed by atoms with E-state index in [9.17, 15) is 19.6 Å². The minimum atomic E-state index is -0.573. The molecule has 1 aliphatic heterocycles. The number of nitrogens with zero attached hydrogens (tertiary/aromatic N) is 2. The smallest absolute Gasteiger partial charge is 0.272 e. The van der Waals surface area contributed by atoms with E-state index in [0.717, 1.165) is 41.4 Å². The van der Waals surface area contributed by atoms with Crippen LogP contribution in [0.25, 0.3) is 6.08 Å². The molecule has 0 aliphatic carbocycles. The van der Waals surface area contributed by atoms with Crippen LogP contribution in [0, 0.1) is 11.3 Å². The third-order valence-electron chi connectivity index (χ3n) is 8.30. The molecule has 3 amide bonds. The topological polar surface area (TPSA) is 114 Å². The number of amides is 3. The van der Waals surface area contributed by atoms with Crippen molar-refractivity contribution in [3.05, 3.63) is 152 Å². The molecule has 0 saturated carbocycles. The number of carbonyl (C=O) groups excluding carboxylic acids is 3. The molecule has 0 radical (unpaired) electrons. The minimum Gasteiger partial charge on any atom is -0.321 e. The van der Waals surface area contributed by atoms with Crippen LogP contribution in [0.2, 0.25) is 10.0 Å². The lowest BCUT2D eigenvalue weighted by Crippen LogP contribution is -2.30. The van der Waals surface area contributed by atoms with E-state index >= 15 is 0 Å². The summed E-state index contributed by atoms with van der Waals surface area (Å²) in [5.74, 6) is -1.27. The maximum absolute atomic E-state index is 13.6. The van der Waals surface area contributed by atoms with Gasteiger partial charge in [0.25, 0.3) is 11.8 Å². The van der Waals surface area contributed by atoms with E-state index in [0.29, 0.717) is 37.4 Å². The van der Waals surface area contributed by atoms with Gasteiger partial charge < -0.3 is 16.0 Å².